The Hall–Kier alpha value is -1.32. The number of hydrogen-bond acceptors (Lipinski definition) is 2. The highest BCUT2D eigenvalue weighted by molar-refractivity contribution is 9.10. The Morgan fingerprint density at radius 1 is 1.10 bits per heavy atom. The van der Waals surface area contributed by atoms with Gasteiger partial charge in [0.15, 0.2) is 0 Å². The maximum Gasteiger partial charge on any atom is 0.137 e. The molecule has 2 aromatic carbocycles. The van der Waals surface area contributed by atoms with Gasteiger partial charge in [-0.05, 0) is 57.6 Å². The lowest BCUT2D eigenvalue weighted by atomic mass is 10.0. The lowest BCUT2D eigenvalue weighted by Gasteiger charge is -2.13. The summed E-state index contributed by atoms with van der Waals surface area (Å²) in [5, 5.41) is 0. The smallest absolute Gasteiger partial charge is 0.137 e. The van der Waals surface area contributed by atoms with Crippen molar-refractivity contribution in [3.8, 4) is 5.75 Å². The van der Waals surface area contributed by atoms with Gasteiger partial charge in [-0.1, -0.05) is 50.2 Å². The van der Waals surface area contributed by atoms with Crippen LogP contribution in [0.25, 0.3) is 0 Å². The summed E-state index contributed by atoms with van der Waals surface area (Å²) in [5.41, 5.74) is 9.33. The fourth-order valence-electron chi connectivity index (χ4n) is 2.22. The number of ether oxygens (including phenoxy) is 1. The minimum Gasteiger partial charge on any atom is -0.487 e. The second kappa shape index (κ2) is 7.62. The molecule has 0 aromatic heterocycles. The molecule has 0 amide bonds. The third kappa shape index (κ3) is 4.32. The van der Waals surface area contributed by atoms with Crippen LogP contribution in [0.15, 0.2) is 46.9 Å². The molecular formula is C18H22BrNO. The Kier molecular flexibility index (Phi) is 5.83. The van der Waals surface area contributed by atoms with Crippen LogP contribution >= 0.6 is 15.9 Å². The van der Waals surface area contributed by atoms with Crippen LogP contribution in [0.1, 0.15) is 36.5 Å². The number of benzene rings is 2. The predicted molar refractivity (Wildman–Crippen MR) is 91.8 cm³/mol. The number of nitrogens with two attached hydrogens (primary N) is 1. The summed E-state index contributed by atoms with van der Waals surface area (Å²) < 4.78 is 6.98. The van der Waals surface area contributed by atoms with Crippen LogP contribution in [-0.4, -0.2) is 6.54 Å². The van der Waals surface area contributed by atoms with E-state index in [1.165, 1.54) is 11.1 Å². The van der Waals surface area contributed by atoms with Crippen molar-refractivity contribution < 1.29 is 4.74 Å². The average molecular weight is 348 g/mol. The van der Waals surface area contributed by atoms with Gasteiger partial charge in [0.25, 0.3) is 0 Å². The Bertz CT molecular complexity index is 578. The zero-order valence-corrected chi connectivity index (χ0v) is 14.2. The van der Waals surface area contributed by atoms with Gasteiger partial charge >= 0.3 is 0 Å². The van der Waals surface area contributed by atoms with Gasteiger partial charge in [0.05, 0.1) is 4.47 Å². The molecule has 0 radical (unpaired) electrons. The molecule has 3 heteroatoms. The zero-order valence-electron chi connectivity index (χ0n) is 12.6. The molecule has 0 aliphatic rings. The molecule has 2 N–H and O–H groups in total. The van der Waals surface area contributed by atoms with Crippen molar-refractivity contribution in [1.82, 2.24) is 0 Å². The van der Waals surface area contributed by atoms with Crippen molar-refractivity contribution in [2.75, 3.05) is 6.54 Å². The van der Waals surface area contributed by atoms with Crippen LogP contribution in [0.5, 0.6) is 5.75 Å². The van der Waals surface area contributed by atoms with Crippen LogP contribution in [0.3, 0.4) is 0 Å². The quantitative estimate of drug-likeness (QED) is 0.825. The van der Waals surface area contributed by atoms with E-state index in [2.05, 4.69) is 60.1 Å². The third-order valence-electron chi connectivity index (χ3n) is 3.49. The van der Waals surface area contributed by atoms with Crippen molar-refractivity contribution in [3.05, 3.63) is 63.6 Å². The fourth-order valence-corrected chi connectivity index (χ4v) is 2.74. The van der Waals surface area contributed by atoms with Gasteiger partial charge in [0, 0.05) is 0 Å². The standard InChI is InChI=1S/C18H22BrNO/c1-13(2)15-8-6-14(7-9-15)12-21-18-16(10-11-20)4-3-5-17(18)19/h3-9,13H,10-12,20H2,1-2H3. The summed E-state index contributed by atoms with van der Waals surface area (Å²) in [6.07, 6.45) is 0.820. The molecule has 0 aliphatic carbocycles. The molecule has 0 bridgehead atoms. The molecular weight excluding hydrogens is 326 g/mol. The van der Waals surface area contributed by atoms with Gasteiger partial charge in [0.2, 0.25) is 0 Å². The Balaban J connectivity index is 2.09. The number of para-hydroxylation sites is 1. The fraction of sp³-hybridized carbons (Fsp3) is 0.333. The molecule has 0 saturated heterocycles. The van der Waals surface area contributed by atoms with Gasteiger partial charge in [-0.2, -0.15) is 0 Å². The first kappa shape index (κ1) is 16.1. The number of rotatable bonds is 6. The van der Waals surface area contributed by atoms with Crippen LogP contribution in [0, 0.1) is 0 Å². The SMILES string of the molecule is CC(C)c1ccc(COc2c(Br)cccc2CCN)cc1. The summed E-state index contributed by atoms with van der Waals surface area (Å²) in [6, 6.07) is 14.7. The molecule has 2 rings (SSSR count). The van der Waals surface area contributed by atoms with Crippen molar-refractivity contribution in [1.29, 1.82) is 0 Å². The molecule has 2 aromatic rings. The van der Waals surface area contributed by atoms with Gasteiger partial charge in [-0.25, -0.2) is 0 Å². The summed E-state index contributed by atoms with van der Waals surface area (Å²) in [4.78, 5) is 0. The zero-order chi connectivity index (χ0) is 15.2. The molecule has 0 spiro atoms. The second-order valence-electron chi connectivity index (χ2n) is 5.45. The van der Waals surface area contributed by atoms with E-state index in [9.17, 15) is 0 Å². The van der Waals surface area contributed by atoms with Crippen LogP contribution in [0.4, 0.5) is 0 Å². The van der Waals surface area contributed by atoms with Gasteiger partial charge in [0.1, 0.15) is 12.4 Å². The van der Waals surface area contributed by atoms with E-state index in [1.54, 1.807) is 0 Å². The van der Waals surface area contributed by atoms with E-state index in [0.29, 0.717) is 19.1 Å². The van der Waals surface area contributed by atoms with Crippen LogP contribution in [0.2, 0.25) is 0 Å². The van der Waals surface area contributed by atoms with Crippen molar-refractivity contribution in [2.45, 2.75) is 32.8 Å². The molecule has 0 saturated carbocycles. The third-order valence-corrected chi connectivity index (χ3v) is 4.12. The molecule has 0 heterocycles. The van der Waals surface area contributed by atoms with Gasteiger partial charge in [-0.3, -0.25) is 0 Å². The minimum atomic E-state index is 0.555. The first-order valence-corrected chi connectivity index (χ1v) is 8.10. The average Bonchev–Trinajstić information content (AvgIpc) is 2.47. The highest BCUT2D eigenvalue weighted by atomic mass is 79.9. The van der Waals surface area contributed by atoms with Gasteiger partial charge in [-0.15, -0.1) is 0 Å². The van der Waals surface area contributed by atoms with E-state index < -0.39 is 0 Å². The molecule has 0 aliphatic heterocycles. The summed E-state index contributed by atoms with van der Waals surface area (Å²) in [7, 11) is 0. The Morgan fingerprint density at radius 2 is 1.81 bits per heavy atom. The van der Waals surface area contributed by atoms with E-state index in [1.807, 2.05) is 12.1 Å². The predicted octanol–water partition coefficient (Wildman–Crippen LogP) is 4.65. The van der Waals surface area contributed by atoms with E-state index in [-0.39, 0.29) is 0 Å². The van der Waals surface area contributed by atoms with Crippen LogP contribution in [-0.2, 0) is 13.0 Å². The molecule has 2 nitrogen and oxygen atoms in total. The van der Waals surface area contributed by atoms with Gasteiger partial charge < -0.3 is 10.5 Å². The highest BCUT2D eigenvalue weighted by Crippen LogP contribution is 2.30. The van der Waals surface area contributed by atoms with E-state index in [0.717, 1.165) is 22.2 Å². The summed E-state index contributed by atoms with van der Waals surface area (Å²) in [6.45, 7) is 5.59. The first-order chi connectivity index (χ1) is 10.1. The minimum absolute atomic E-state index is 0.555. The molecule has 112 valence electrons. The largest absolute Gasteiger partial charge is 0.487 e. The molecule has 0 atom stereocenters. The lowest BCUT2D eigenvalue weighted by Crippen LogP contribution is -2.06. The first-order valence-electron chi connectivity index (χ1n) is 7.31. The number of hydrogen-bond donors (Lipinski definition) is 1. The van der Waals surface area contributed by atoms with Crippen LogP contribution < -0.4 is 10.5 Å². The number of halogens is 1. The molecule has 0 fully saturated rings. The maximum absolute atomic E-state index is 6.00. The normalized spacial score (nSPS) is 10.9. The molecule has 0 unspecified atom stereocenters. The molecule has 21 heavy (non-hydrogen) atoms. The Morgan fingerprint density at radius 3 is 2.43 bits per heavy atom. The lowest BCUT2D eigenvalue weighted by molar-refractivity contribution is 0.301. The Labute approximate surface area is 135 Å². The van der Waals surface area contributed by atoms with E-state index >= 15 is 0 Å². The highest BCUT2D eigenvalue weighted by Gasteiger charge is 2.08. The second-order valence-corrected chi connectivity index (χ2v) is 6.31. The maximum atomic E-state index is 6.00. The van der Waals surface area contributed by atoms with Crippen molar-refractivity contribution >= 4 is 15.9 Å². The van der Waals surface area contributed by atoms with Crippen molar-refractivity contribution in [3.63, 3.8) is 0 Å². The van der Waals surface area contributed by atoms with Crippen molar-refractivity contribution in [2.24, 2.45) is 5.73 Å². The summed E-state index contributed by atoms with van der Waals surface area (Å²) in [5.74, 6) is 1.45. The van der Waals surface area contributed by atoms with E-state index in [4.69, 9.17) is 10.5 Å². The summed E-state index contributed by atoms with van der Waals surface area (Å²) >= 11 is 3.56. The monoisotopic (exact) mass is 347 g/mol. The topological polar surface area (TPSA) is 35.2 Å².